The molecule has 12 heavy (non-hydrogen) atoms. The molecule has 0 bridgehead atoms. The molecule has 1 aromatic rings. The number of nitrogens with zero attached hydrogens (tertiary/aromatic N) is 1. The summed E-state index contributed by atoms with van der Waals surface area (Å²) in [6, 6.07) is 2.76. The van der Waals surface area contributed by atoms with Crippen molar-refractivity contribution in [2.75, 3.05) is 6.54 Å². The highest BCUT2D eigenvalue weighted by atomic mass is 15.0. The molecule has 2 heteroatoms. The van der Waals surface area contributed by atoms with Crippen LogP contribution in [0.1, 0.15) is 31.9 Å². The van der Waals surface area contributed by atoms with Crippen LogP contribution in [0.5, 0.6) is 0 Å². The van der Waals surface area contributed by atoms with Crippen LogP contribution in [-0.2, 0) is 6.42 Å². The van der Waals surface area contributed by atoms with Crippen molar-refractivity contribution in [3.05, 3.63) is 24.0 Å². The Bertz CT molecular complexity index is 227. The van der Waals surface area contributed by atoms with Crippen LogP contribution in [0.3, 0.4) is 0 Å². The van der Waals surface area contributed by atoms with Crippen LogP contribution in [0.2, 0.25) is 0 Å². The smallest absolute Gasteiger partial charge is 0.0299 e. The van der Waals surface area contributed by atoms with Gasteiger partial charge in [0, 0.05) is 18.4 Å². The van der Waals surface area contributed by atoms with E-state index >= 15 is 0 Å². The molecule has 0 saturated heterocycles. The van der Waals surface area contributed by atoms with Crippen molar-refractivity contribution < 1.29 is 0 Å². The van der Waals surface area contributed by atoms with Crippen LogP contribution in [-0.4, -0.2) is 11.1 Å². The summed E-state index contributed by atoms with van der Waals surface area (Å²) < 4.78 is 2.25. The summed E-state index contributed by atoms with van der Waals surface area (Å²) >= 11 is 0. The molecule has 1 heterocycles. The van der Waals surface area contributed by atoms with Gasteiger partial charge in [0.2, 0.25) is 0 Å². The summed E-state index contributed by atoms with van der Waals surface area (Å²) in [7, 11) is 0. The fourth-order valence-corrected chi connectivity index (χ4v) is 1.26. The minimum absolute atomic E-state index is 0.608. The van der Waals surface area contributed by atoms with Crippen LogP contribution in [0.15, 0.2) is 18.5 Å². The first-order valence-electron chi connectivity index (χ1n) is 4.64. The number of aromatic nitrogens is 1. The Kier molecular flexibility index (Phi) is 3.35. The molecule has 1 unspecified atom stereocenters. The molecule has 0 aliphatic rings. The number of hydrogen-bond donors (Lipinski definition) is 1. The quantitative estimate of drug-likeness (QED) is 0.728. The summed E-state index contributed by atoms with van der Waals surface area (Å²) in [4.78, 5) is 0. The highest BCUT2D eigenvalue weighted by molar-refractivity contribution is 5.11. The Morgan fingerprint density at radius 1 is 1.58 bits per heavy atom. The molecule has 2 nitrogen and oxygen atoms in total. The standard InChI is InChI=1S/C10H18N2/c1-3-9(2)12-7-5-10(8-12)4-6-11/h5,7-9H,3-4,6,11H2,1-2H3. The number of nitrogens with two attached hydrogens (primary N) is 1. The van der Waals surface area contributed by atoms with Gasteiger partial charge >= 0.3 is 0 Å². The van der Waals surface area contributed by atoms with Gasteiger partial charge in [0.25, 0.3) is 0 Å². The molecule has 2 N–H and O–H groups in total. The van der Waals surface area contributed by atoms with Gasteiger partial charge in [-0.1, -0.05) is 6.92 Å². The number of rotatable bonds is 4. The van der Waals surface area contributed by atoms with Crippen LogP contribution in [0.4, 0.5) is 0 Å². The molecular weight excluding hydrogens is 148 g/mol. The van der Waals surface area contributed by atoms with E-state index < -0.39 is 0 Å². The monoisotopic (exact) mass is 166 g/mol. The molecule has 1 rings (SSSR count). The van der Waals surface area contributed by atoms with Gasteiger partial charge in [-0.15, -0.1) is 0 Å². The molecule has 1 aromatic heterocycles. The Labute approximate surface area is 74.4 Å². The molecule has 0 saturated carbocycles. The molecule has 0 aromatic carbocycles. The zero-order chi connectivity index (χ0) is 8.97. The van der Waals surface area contributed by atoms with Crippen molar-refractivity contribution in [3.8, 4) is 0 Å². The van der Waals surface area contributed by atoms with Crippen LogP contribution < -0.4 is 5.73 Å². The fraction of sp³-hybridized carbons (Fsp3) is 0.600. The predicted molar refractivity (Wildman–Crippen MR) is 52.2 cm³/mol. The summed E-state index contributed by atoms with van der Waals surface area (Å²) in [5.74, 6) is 0. The van der Waals surface area contributed by atoms with Crippen LogP contribution >= 0.6 is 0 Å². The Hall–Kier alpha value is -0.760. The van der Waals surface area contributed by atoms with Crippen LogP contribution in [0, 0.1) is 0 Å². The van der Waals surface area contributed by atoms with Crippen molar-refractivity contribution in [1.29, 1.82) is 0 Å². The average molecular weight is 166 g/mol. The zero-order valence-corrected chi connectivity index (χ0v) is 7.96. The van der Waals surface area contributed by atoms with Gasteiger partial charge in [0.1, 0.15) is 0 Å². The molecule has 0 aliphatic carbocycles. The second-order valence-electron chi connectivity index (χ2n) is 3.26. The lowest BCUT2D eigenvalue weighted by atomic mass is 10.2. The van der Waals surface area contributed by atoms with Crippen molar-refractivity contribution in [2.24, 2.45) is 5.73 Å². The maximum absolute atomic E-state index is 5.47. The van der Waals surface area contributed by atoms with E-state index in [1.807, 2.05) is 0 Å². The van der Waals surface area contributed by atoms with Gasteiger partial charge in [-0.3, -0.25) is 0 Å². The molecule has 0 fully saturated rings. The minimum Gasteiger partial charge on any atom is -0.351 e. The van der Waals surface area contributed by atoms with Crippen molar-refractivity contribution in [2.45, 2.75) is 32.7 Å². The fourth-order valence-electron chi connectivity index (χ4n) is 1.26. The Morgan fingerprint density at radius 3 is 2.92 bits per heavy atom. The second-order valence-corrected chi connectivity index (χ2v) is 3.26. The third-order valence-electron chi connectivity index (χ3n) is 2.31. The lowest BCUT2D eigenvalue weighted by Crippen LogP contribution is -2.03. The minimum atomic E-state index is 0.608. The average Bonchev–Trinajstić information content (AvgIpc) is 2.52. The van der Waals surface area contributed by atoms with Crippen molar-refractivity contribution in [3.63, 3.8) is 0 Å². The highest BCUT2D eigenvalue weighted by Crippen LogP contribution is 2.12. The topological polar surface area (TPSA) is 30.9 Å². The first-order valence-corrected chi connectivity index (χ1v) is 4.64. The molecule has 68 valence electrons. The SMILES string of the molecule is CCC(C)n1ccc(CCN)c1. The zero-order valence-electron chi connectivity index (χ0n) is 7.96. The normalized spacial score (nSPS) is 13.2. The molecular formula is C10H18N2. The largest absolute Gasteiger partial charge is 0.351 e. The lowest BCUT2D eigenvalue weighted by Gasteiger charge is -2.09. The summed E-state index contributed by atoms with van der Waals surface area (Å²) in [5.41, 5.74) is 6.81. The van der Waals surface area contributed by atoms with Gasteiger partial charge in [-0.25, -0.2) is 0 Å². The maximum Gasteiger partial charge on any atom is 0.0299 e. The van der Waals surface area contributed by atoms with Crippen molar-refractivity contribution in [1.82, 2.24) is 4.57 Å². The molecule has 0 radical (unpaired) electrons. The van der Waals surface area contributed by atoms with Gasteiger partial charge in [0.05, 0.1) is 0 Å². The predicted octanol–water partition coefficient (Wildman–Crippen LogP) is 1.96. The molecule has 0 amide bonds. The summed E-state index contributed by atoms with van der Waals surface area (Å²) in [6.45, 7) is 5.17. The van der Waals surface area contributed by atoms with E-state index in [0.29, 0.717) is 6.04 Å². The first-order chi connectivity index (χ1) is 5.77. The van der Waals surface area contributed by atoms with Crippen LogP contribution in [0.25, 0.3) is 0 Å². The lowest BCUT2D eigenvalue weighted by molar-refractivity contribution is 0.532. The van der Waals surface area contributed by atoms with E-state index in [0.717, 1.165) is 13.0 Å². The summed E-state index contributed by atoms with van der Waals surface area (Å²) in [5, 5.41) is 0. The van der Waals surface area contributed by atoms with E-state index in [1.54, 1.807) is 0 Å². The van der Waals surface area contributed by atoms with Gasteiger partial charge in [-0.05, 0) is 37.9 Å². The van der Waals surface area contributed by atoms with Gasteiger partial charge in [0.15, 0.2) is 0 Å². The molecule has 0 spiro atoms. The van der Waals surface area contributed by atoms with Gasteiger partial charge in [-0.2, -0.15) is 0 Å². The first kappa shape index (κ1) is 9.33. The third kappa shape index (κ3) is 2.11. The van der Waals surface area contributed by atoms with E-state index in [4.69, 9.17) is 5.73 Å². The third-order valence-corrected chi connectivity index (χ3v) is 2.31. The summed E-state index contributed by atoms with van der Waals surface area (Å²) in [6.07, 6.45) is 6.50. The highest BCUT2D eigenvalue weighted by Gasteiger charge is 2.01. The maximum atomic E-state index is 5.47. The van der Waals surface area contributed by atoms with Gasteiger partial charge < -0.3 is 10.3 Å². The molecule has 0 aliphatic heterocycles. The number of hydrogen-bond acceptors (Lipinski definition) is 1. The van der Waals surface area contributed by atoms with E-state index in [2.05, 4.69) is 36.9 Å². The Morgan fingerprint density at radius 2 is 2.33 bits per heavy atom. The Balaban J connectivity index is 2.63. The van der Waals surface area contributed by atoms with E-state index in [-0.39, 0.29) is 0 Å². The van der Waals surface area contributed by atoms with E-state index in [1.165, 1.54) is 12.0 Å². The van der Waals surface area contributed by atoms with E-state index in [9.17, 15) is 0 Å². The molecule has 1 atom stereocenters. The second kappa shape index (κ2) is 4.31. The van der Waals surface area contributed by atoms with Crippen molar-refractivity contribution >= 4 is 0 Å².